The third-order valence-corrected chi connectivity index (χ3v) is 2.70. The molecule has 5 heteroatoms. The molecule has 0 saturated carbocycles. The van der Waals surface area contributed by atoms with E-state index in [1.165, 1.54) is 0 Å². The van der Waals surface area contributed by atoms with Gasteiger partial charge in [0.25, 0.3) is 0 Å². The van der Waals surface area contributed by atoms with Gasteiger partial charge in [0, 0.05) is 11.8 Å². The molecule has 0 amide bonds. The van der Waals surface area contributed by atoms with E-state index in [9.17, 15) is 4.79 Å². The molecule has 0 aromatic heterocycles. The van der Waals surface area contributed by atoms with Crippen LogP contribution < -0.4 is 5.32 Å². The van der Waals surface area contributed by atoms with E-state index >= 15 is 0 Å². The molecule has 3 N–H and O–H groups in total. The van der Waals surface area contributed by atoms with Crippen LogP contribution in [0.25, 0.3) is 0 Å². The average Bonchev–Trinajstić information content (AvgIpc) is 2.30. The quantitative estimate of drug-likeness (QED) is 0.553. The van der Waals surface area contributed by atoms with Crippen molar-refractivity contribution in [1.82, 2.24) is 5.32 Å². The number of carboxylic acids is 1. The third kappa shape index (κ3) is 3.84. The number of aliphatic hydroxyl groups excluding tert-OH is 1. The summed E-state index contributed by atoms with van der Waals surface area (Å²) in [6.07, 6.45) is 0. The van der Waals surface area contributed by atoms with E-state index in [1.54, 1.807) is 0 Å². The maximum atomic E-state index is 10.6. The highest BCUT2D eigenvalue weighted by Crippen LogP contribution is 2.18. The number of carboxylic acid groups (broad SMARTS) is 1. The standard InChI is InChI=1S/C11H15NO3S/c13-7-9(11(14)15)12-6-10(16)8-4-2-1-3-5-8/h1-5,9-10,12-13,16H,6-7H2,(H,14,15). The van der Waals surface area contributed by atoms with E-state index in [1.807, 2.05) is 30.3 Å². The van der Waals surface area contributed by atoms with Gasteiger partial charge in [0.1, 0.15) is 6.04 Å². The molecule has 0 radical (unpaired) electrons. The Morgan fingerprint density at radius 2 is 2.00 bits per heavy atom. The van der Waals surface area contributed by atoms with Crippen molar-refractivity contribution in [1.29, 1.82) is 0 Å². The highest BCUT2D eigenvalue weighted by Gasteiger charge is 2.16. The van der Waals surface area contributed by atoms with E-state index in [4.69, 9.17) is 10.2 Å². The lowest BCUT2D eigenvalue weighted by molar-refractivity contribution is -0.140. The summed E-state index contributed by atoms with van der Waals surface area (Å²) in [5.41, 5.74) is 1.01. The minimum Gasteiger partial charge on any atom is -0.480 e. The zero-order valence-electron chi connectivity index (χ0n) is 8.71. The number of carbonyl (C=O) groups is 1. The smallest absolute Gasteiger partial charge is 0.323 e. The molecule has 2 atom stereocenters. The molecule has 2 unspecified atom stereocenters. The van der Waals surface area contributed by atoms with Gasteiger partial charge < -0.3 is 15.5 Å². The second-order valence-corrected chi connectivity index (χ2v) is 4.03. The van der Waals surface area contributed by atoms with Crippen molar-refractivity contribution in [3.63, 3.8) is 0 Å². The number of thiol groups is 1. The number of rotatable bonds is 6. The Hall–Kier alpha value is -1.04. The molecule has 0 aliphatic rings. The molecule has 1 aromatic rings. The molecule has 0 spiro atoms. The fourth-order valence-corrected chi connectivity index (χ4v) is 1.55. The number of aliphatic carboxylic acids is 1. The molecular weight excluding hydrogens is 226 g/mol. The van der Waals surface area contributed by atoms with Crippen molar-refractivity contribution in [2.24, 2.45) is 0 Å². The SMILES string of the molecule is O=C(O)C(CO)NCC(S)c1ccccc1. The summed E-state index contributed by atoms with van der Waals surface area (Å²) < 4.78 is 0. The van der Waals surface area contributed by atoms with E-state index in [2.05, 4.69) is 17.9 Å². The maximum Gasteiger partial charge on any atom is 0.323 e. The topological polar surface area (TPSA) is 69.6 Å². The first-order chi connectivity index (χ1) is 7.65. The van der Waals surface area contributed by atoms with Crippen LogP contribution in [0.5, 0.6) is 0 Å². The number of aliphatic hydroxyl groups is 1. The molecule has 1 rings (SSSR count). The van der Waals surface area contributed by atoms with E-state index < -0.39 is 18.6 Å². The number of nitrogens with one attached hydrogen (secondary N) is 1. The Morgan fingerprint density at radius 1 is 1.38 bits per heavy atom. The molecule has 4 nitrogen and oxygen atoms in total. The van der Waals surface area contributed by atoms with Gasteiger partial charge in [-0.1, -0.05) is 30.3 Å². The lowest BCUT2D eigenvalue weighted by atomic mass is 10.1. The molecule has 1 aromatic carbocycles. The van der Waals surface area contributed by atoms with Crippen LogP contribution in [0.3, 0.4) is 0 Å². The second-order valence-electron chi connectivity index (χ2n) is 3.41. The lowest BCUT2D eigenvalue weighted by Gasteiger charge is -2.16. The molecular formula is C11H15NO3S. The largest absolute Gasteiger partial charge is 0.480 e. The van der Waals surface area contributed by atoms with Crippen LogP contribution >= 0.6 is 12.6 Å². The molecule has 88 valence electrons. The summed E-state index contributed by atoms with van der Waals surface area (Å²) in [4.78, 5) is 10.6. The zero-order chi connectivity index (χ0) is 12.0. The monoisotopic (exact) mass is 241 g/mol. The van der Waals surface area contributed by atoms with Crippen LogP contribution in [0.2, 0.25) is 0 Å². The number of benzene rings is 1. The fourth-order valence-electron chi connectivity index (χ4n) is 1.28. The molecule has 0 saturated heterocycles. The normalized spacial score (nSPS) is 14.4. The van der Waals surface area contributed by atoms with Gasteiger partial charge in [-0.05, 0) is 5.56 Å². The Morgan fingerprint density at radius 3 is 2.50 bits per heavy atom. The van der Waals surface area contributed by atoms with Gasteiger partial charge >= 0.3 is 5.97 Å². The lowest BCUT2D eigenvalue weighted by Crippen LogP contribution is -2.41. The van der Waals surface area contributed by atoms with Gasteiger partial charge in [-0.2, -0.15) is 12.6 Å². The number of hydrogen-bond donors (Lipinski definition) is 4. The predicted octanol–water partition coefficient (Wildman–Crippen LogP) is 0.693. The third-order valence-electron chi connectivity index (χ3n) is 2.22. The average molecular weight is 241 g/mol. The van der Waals surface area contributed by atoms with Gasteiger partial charge in [0.2, 0.25) is 0 Å². The van der Waals surface area contributed by atoms with Crippen molar-refractivity contribution < 1.29 is 15.0 Å². The van der Waals surface area contributed by atoms with Crippen molar-refractivity contribution in [2.75, 3.05) is 13.2 Å². The second kappa shape index (κ2) is 6.52. The molecule has 0 aliphatic carbocycles. The Labute approximate surface area is 99.7 Å². The predicted molar refractivity (Wildman–Crippen MR) is 64.7 cm³/mol. The molecule has 0 aliphatic heterocycles. The first kappa shape index (κ1) is 13.0. The van der Waals surface area contributed by atoms with Crippen molar-refractivity contribution >= 4 is 18.6 Å². The first-order valence-electron chi connectivity index (χ1n) is 4.95. The minimum atomic E-state index is -1.06. The minimum absolute atomic E-state index is 0.0883. The van der Waals surface area contributed by atoms with E-state index in [0.29, 0.717) is 6.54 Å². The zero-order valence-corrected chi connectivity index (χ0v) is 9.60. The Kier molecular flexibility index (Phi) is 5.31. The molecule has 0 bridgehead atoms. The van der Waals surface area contributed by atoms with Crippen LogP contribution in [0, 0.1) is 0 Å². The summed E-state index contributed by atoms with van der Waals surface area (Å²) in [6.45, 7) is -0.0325. The van der Waals surface area contributed by atoms with E-state index in [-0.39, 0.29) is 5.25 Å². The molecule has 0 heterocycles. The maximum absolute atomic E-state index is 10.6. The summed E-state index contributed by atoms with van der Waals surface area (Å²) in [6, 6.07) is 8.63. The first-order valence-corrected chi connectivity index (χ1v) is 5.47. The molecule has 0 fully saturated rings. The highest BCUT2D eigenvalue weighted by atomic mass is 32.1. The van der Waals surface area contributed by atoms with Crippen LogP contribution in [0.1, 0.15) is 10.8 Å². The van der Waals surface area contributed by atoms with Gasteiger partial charge in [0.05, 0.1) is 6.61 Å². The summed E-state index contributed by atoms with van der Waals surface area (Å²) in [5, 5.41) is 20.2. The fraction of sp³-hybridized carbons (Fsp3) is 0.364. The van der Waals surface area contributed by atoms with Crippen LogP contribution in [0.4, 0.5) is 0 Å². The van der Waals surface area contributed by atoms with Crippen LogP contribution in [-0.4, -0.2) is 35.4 Å². The summed E-state index contributed by atoms with van der Waals surface area (Å²) >= 11 is 4.36. The van der Waals surface area contributed by atoms with E-state index in [0.717, 1.165) is 5.56 Å². The number of hydrogen-bond acceptors (Lipinski definition) is 4. The van der Waals surface area contributed by atoms with Gasteiger partial charge in [-0.25, -0.2) is 0 Å². The van der Waals surface area contributed by atoms with Crippen LogP contribution in [0.15, 0.2) is 30.3 Å². The summed E-state index contributed by atoms with van der Waals surface area (Å²) in [5.74, 6) is -1.06. The Bertz CT molecular complexity index is 331. The van der Waals surface area contributed by atoms with Gasteiger partial charge in [0.15, 0.2) is 0 Å². The molecule has 16 heavy (non-hydrogen) atoms. The highest BCUT2D eigenvalue weighted by molar-refractivity contribution is 7.80. The van der Waals surface area contributed by atoms with Crippen molar-refractivity contribution in [3.05, 3.63) is 35.9 Å². The Balaban J connectivity index is 2.46. The van der Waals surface area contributed by atoms with Gasteiger partial charge in [-0.15, -0.1) is 0 Å². The van der Waals surface area contributed by atoms with Crippen LogP contribution in [-0.2, 0) is 4.79 Å². The summed E-state index contributed by atoms with van der Waals surface area (Å²) in [7, 11) is 0. The van der Waals surface area contributed by atoms with Crippen molar-refractivity contribution in [3.8, 4) is 0 Å². The van der Waals surface area contributed by atoms with Crippen molar-refractivity contribution in [2.45, 2.75) is 11.3 Å². The van der Waals surface area contributed by atoms with Gasteiger partial charge in [-0.3, -0.25) is 4.79 Å².